The maximum atomic E-state index is 12.6. The summed E-state index contributed by atoms with van der Waals surface area (Å²) in [5.74, 6) is 0. The lowest BCUT2D eigenvalue weighted by Crippen LogP contribution is -2.45. The highest BCUT2D eigenvalue weighted by Crippen LogP contribution is 2.26. The Hall–Kier alpha value is -1.11. The van der Waals surface area contributed by atoms with E-state index in [2.05, 4.69) is 0 Å². The van der Waals surface area contributed by atoms with Gasteiger partial charge in [0.1, 0.15) is 0 Å². The minimum Gasteiger partial charge on any atom is -0.399 e. The zero-order valence-corrected chi connectivity index (χ0v) is 11.9. The monoisotopic (exact) mass is 284 g/mol. The van der Waals surface area contributed by atoms with Gasteiger partial charge in [0.15, 0.2) is 0 Å². The fraction of sp³-hybridized carbons (Fsp3) is 0.538. The van der Waals surface area contributed by atoms with Gasteiger partial charge in [-0.15, -0.1) is 0 Å². The van der Waals surface area contributed by atoms with Crippen LogP contribution in [0.15, 0.2) is 23.1 Å². The molecule has 1 aromatic rings. The number of aliphatic hydroxyl groups is 1. The van der Waals surface area contributed by atoms with Crippen molar-refractivity contribution in [2.45, 2.75) is 37.1 Å². The Morgan fingerprint density at radius 3 is 2.79 bits per heavy atom. The van der Waals surface area contributed by atoms with E-state index in [-0.39, 0.29) is 17.5 Å². The molecular formula is C13H20N2O3S. The first-order chi connectivity index (χ1) is 8.96. The molecule has 1 aromatic carbocycles. The van der Waals surface area contributed by atoms with Crippen molar-refractivity contribution in [3.63, 3.8) is 0 Å². The molecular weight excluding hydrogens is 264 g/mol. The van der Waals surface area contributed by atoms with Crippen molar-refractivity contribution in [1.82, 2.24) is 4.31 Å². The molecule has 0 saturated carbocycles. The third-order valence-corrected chi connectivity index (χ3v) is 5.58. The lowest BCUT2D eigenvalue weighted by Gasteiger charge is -2.33. The van der Waals surface area contributed by atoms with Crippen LogP contribution in [0, 0.1) is 6.92 Å². The van der Waals surface area contributed by atoms with Gasteiger partial charge in [-0.2, -0.15) is 4.31 Å². The summed E-state index contributed by atoms with van der Waals surface area (Å²) in [6.07, 6.45) is 2.51. The fourth-order valence-corrected chi connectivity index (χ4v) is 4.19. The molecule has 1 unspecified atom stereocenters. The highest BCUT2D eigenvalue weighted by molar-refractivity contribution is 7.89. The molecule has 19 heavy (non-hydrogen) atoms. The molecule has 1 aliphatic rings. The van der Waals surface area contributed by atoms with Gasteiger partial charge in [0.2, 0.25) is 10.0 Å². The SMILES string of the molecule is Cc1cc(S(=O)(=O)N2CCCCC2CO)ccc1N. The second-order valence-electron chi connectivity index (χ2n) is 4.97. The second-order valence-corrected chi connectivity index (χ2v) is 6.86. The first kappa shape index (κ1) is 14.3. The van der Waals surface area contributed by atoms with Gasteiger partial charge in [-0.05, 0) is 43.5 Å². The van der Waals surface area contributed by atoms with Crippen LogP contribution in [-0.4, -0.2) is 37.0 Å². The number of nitrogens with zero attached hydrogens (tertiary/aromatic N) is 1. The van der Waals surface area contributed by atoms with Gasteiger partial charge >= 0.3 is 0 Å². The summed E-state index contributed by atoms with van der Waals surface area (Å²) in [6.45, 7) is 2.12. The Morgan fingerprint density at radius 1 is 1.42 bits per heavy atom. The Balaban J connectivity index is 2.37. The van der Waals surface area contributed by atoms with Crippen molar-refractivity contribution in [3.8, 4) is 0 Å². The molecule has 3 N–H and O–H groups in total. The summed E-state index contributed by atoms with van der Waals surface area (Å²) in [5, 5.41) is 9.34. The highest BCUT2D eigenvalue weighted by Gasteiger charge is 2.33. The molecule has 0 aliphatic carbocycles. The summed E-state index contributed by atoms with van der Waals surface area (Å²) in [5.41, 5.74) is 7.04. The van der Waals surface area contributed by atoms with Crippen LogP contribution in [0.1, 0.15) is 24.8 Å². The fourth-order valence-electron chi connectivity index (χ4n) is 2.42. The van der Waals surface area contributed by atoms with Crippen LogP contribution in [0.25, 0.3) is 0 Å². The molecule has 6 heteroatoms. The normalized spacial score (nSPS) is 21.5. The first-order valence-electron chi connectivity index (χ1n) is 6.45. The van der Waals surface area contributed by atoms with Crippen LogP contribution in [0.4, 0.5) is 5.69 Å². The van der Waals surface area contributed by atoms with Crippen molar-refractivity contribution < 1.29 is 13.5 Å². The smallest absolute Gasteiger partial charge is 0.243 e. The topological polar surface area (TPSA) is 83.6 Å². The van der Waals surface area contributed by atoms with Crippen LogP contribution >= 0.6 is 0 Å². The van der Waals surface area contributed by atoms with Gasteiger partial charge in [0, 0.05) is 18.3 Å². The summed E-state index contributed by atoms with van der Waals surface area (Å²) in [7, 11) is -3.54. The average Bonchev–Trinajstić information content (AvgIpc) is 2.41. The molecule has 0 radical (unpaired) electrons. The highest BCUT2D eigenvalue weighted by atomic mass is 32.2. The second kappa shape index (κ2) is 5.48. The van der Waals surface area contributed by atoms with Crippen LogP contribution in [0.5, 0.6) is 0 Å². The quantitative estimate of drug-likeness (QED) is 0.815. The molecule has 1 heterocycles. The van der Waals surface area contributed by atoms with Gasteiger partial charge in [0.05, 0.1) is 11.5 Å². The number of aryl methyl sites for hydroxylation is 1. The number of aliphatic hydroxyl groups excluding tert-OH is 1. The van der Waals surface area contributed by atoms with Crippen molar-refractivity contribution in [1.29, 1.82) is 0 Å². The number of piperidine rings is 1. The van der Waals surface area contributed by atoms with E-state index in [0.29, 0.717) is 18.7 Å². The van der Waals surface area contributed by atoms with E-state index in [9.17, 15) is 13.5 Å². The number of benzene rings is 1. The number of nitrogen functional groups attached to an aromatic ring is 1. The van der Waals surface area contributed by atoms with E-state index in [0.717, 1.165) is 18.4 Å². The van der Waals surface area contributed by atoms with Crippen molar-refractivity contribution in [2.24, 2.45) is 0 Å². The molecule has 1 fully saturated rings. The standard InChI is InChI=1S/C13H20N2O3S/c1-10-8-12(5-6-13(10)14)19(17,18)15-7-3-2-4-11(15)9-16/h5-6,8,11,16H,2-4,7,9,14H2,1H3. The molecule has 0 aromatic heterocycles. The van der Waals surface area contributed by atoms with E-state index < -0.39 is 10.0 Å². The van der Waals surface area contributed by atoms with Crippen molar-refractivity contribution in [2.75, 3.05) is 18.9 Å². The predicted octanol–water partition coefficient (Wildman–Crippen LogP) is 1.11. The summed E-state index contributed by atoms with van der Waals surface area (Å²) in [6, 6.07) is 4.42. The van der Waals surface area contributed by atoms with Crippen LogP contribution in [0.2, 0.25) is 0 Å². The predicted molar refractivity (Wildman–Crippen MR) is 74.2 cm³/mol. The first-order valence-corrected chi connectivity index (χ1v) is 7.89. The Kier molecular flexibility index (Phi) is 4.13. The number of sulfonamides is 1. The molecule has 1 aliphatic heterocycles. The largest absolute Gasteiger partial charge is 0.399 e. The van der Waals surface area contributed by atoms with E-state index in [1.165, 1.54) is 10.4 Å². The van der Waals surface area contributed by atoms with E-state index >= 15 is 0 Å². The van der Waals surface area contributed by atoms with Gasteiger partial charge < -0.3 is 10.8 Å². The molecule has 106 valence electrons. The number of anilines is 1. The summed E-state index contributed by atoms with van der Waals surface area (Å²) < 4.78 is 26.6. The van der Waals surface area contributed by atoms with Crippen molar-refractivity contribution >= 4 is 15.7 Å². The Bertz CT molecular complexity index is 557. The number of rotatable bonds is 3. The molecule has 0 bridgehead atoms. The zero-order chi connectivity index (χ0) is 14.0. The third kappa shape index (κ3) is 2.75. The number of hydrogen-bond donors (Lipinski definition) is 2. The van der Waals surface area contributed by atoms with E-state index in [4.69, 9.17) is 5.73 Å². The summed E-state index contributed by atoms with van der Waals surface area (Å²) >= 11 is 0. The molecule has 5 nitrogen and oxygen atoms in total. The van der Waals surface area contributed by atoms with Gasteiger partial charge in [-0.1, -0.05) is 6.42 Å². The molecule has 2 rings (SSSR count). The zero-order valence-electron chi connectivity index (χ0n) is 11.0. The van der Waals surface area contributed by atoms with Crippen LogP contribution in [0.3, 0.4) is 0 Å². The number of nitrogens with two attached hydrogens (primary N) is 1. The molecule has 0 amide bonds. The Labute approximate surface area is 114 Å². The van der Waals surface area contributed by atoms with Gasteiger partial charge in [0.25, 0.3) is 0 Å². The van der Waals surface area contributed by atoms with Crippen LogP contribution in [-0.2, 0) is 10.0 Å². The summed E-state index contributed by atoms with van der Waals surface area (Å²) in [4.78, 5) is 0.250. The van der Waals surface area contributed by atoms with Gasteiger partial charge in [-0.3, -0.25) is 0 Å². The number of hydrogen-bond acceptors (Lipinski definition) is 4. The minimum atomic E-state index is -3.54. The van der Waals surface area contributed by atoms with Crippen LogP contribution < -0.4 is 5.73 Å². The Morgan fingerprint density at radius 2 is 2.16 bits per heavy atom. The third-order valence-electron chi connectivity index (χ3n) is 3.63. The van der Waals surface area contributed by atoms with E-state index in [1.54, 1.807) is 19.1 Å². The maximum Gasteiger partial charge on any atom is 0.243 e. The lowest BCUT2D eigenvalue weighted by molar-refractivity contribution is 0.155. The molecule has 0 spiro atoms. The molecule has 1 saturated heterocycles. The lowest BCUT2D eigenvalue weighted by atomic mass is 10.1. The minimum absolute atomic E-state index is 0.132. The maximum absolute atomic E-state index is 12.6. The van der Waals surface area contributed by atoms with E-state index in [1.807, 2.05) is 0 Å². The average molecular weight is 284 g/mol. The van der Waals surface area contributed by atoms with Gasteiger partial charge in [-0.25, -0.2) is 8.42 Å². The van der Waals surface area contributed by atoms with Crippen molar-refractivity contribution in [3.05, 3.63) is 23.8 Å². The molecule has 1 atom stereocenters.